The second kappa shape index (κ2) is 8.33. The van der Waals surface area contributed by atoms with Gasteiger partial charge < -0.3 is 10.1 Å². The third-order valence-electron chi connectivity index (χ3n) is 2.66. The van der Waals surface area contributed by atoms with E-state index in [1.54, 1.807) is 18.2 Å². The number of hydrogen-bond acceptors (Lipinski definition) is 4. The number of halogens is 1. The third kappa shape index (κ3) is 5.02. The molecule has 0 aromatic heterocycles. The number of methoxy groups -OCH3 is 1. The molecule has 6 heteroatoms. The van der Waals surface area contributed by atoms with Gasteiger partial charge in [0.25, 0.3) is 5.91 Å². The largest absolute Gasteiger partial charge is 0.467 e. The molecule has 1 aromatic rings. The molecule has 106 valence electrons. The molecule has 1 atom stereocenters. The van der Waals surface area contributed by atoms with Crippen LogP contribution in [0.1, 0.15) is 29.6 Å². The number of esters is 1. The maximum Gasteiger partial charge on any atom is 0.328 e. The van der Waals surface area contributed by atoms with Crippen LogP contribution >= 0.6 is 15.9 Å². The number of nitrogens with zero attached hydrogens (tertiary/aromatic N) is 1. The van der Waals surface area contributed by atoms with Crippen molar-refractivity contribution < 1.29 is 14.3 Å². The summed E-state index contributed by atoms with van der Waals surface area (Å²) in [7, 11) is 1.27. The summed E-state index contributed by atoms with van der Waals surface area (Å²) in [5.74, 6) is -0.857. The molecule has 1 N–H and O–H groups in total. The van der Waals surface area contributed by atoms with Gasteiger partial charge in [-0.1, -0.05) is 22.0 Å². The van der Waals surface area contributed by atoms with Gasteiger partial charge in [0, 0.05) is 16.5 Å². The van der Waals surface area contributed by atoms with Crippen molar-refractivity contribution in [1.82, 2.24) is 5.32 Å². The quantitative estimate of drug-likeness (QED) is 0.638. The van der Waals surface area contributed by atoms with Crippen molar-refractivity contribution in [3.63, 3.8) is 0 Å². The molecular weight excluding hydrogens is 324 g/mol. The van der Waals surface area contributed by atoms with E-state index in [1.807, 2.05) is 12.1 Å². The van der Waals surface area contributed by atoms with Crippen LogP contribution in [0.25, 0.3) is 0 Å². The summed E-state index contributed by atoms with van der Waals surface area (Å²) in [6, 6.07) is 8.13. The highest BCUT2D eigenvalue weighted by Gasteiger charge is 2.21. The van der Waals surface area contributed by atoms with Gasteiger partial charge in [-0.3, -0.25) is 4.79 Å². The Morgan fingerprint density at radius 2 is 2.25 bits per heavy atom. The Balaban J connectivity index is 2.71. The average Bonchev–Trinajstić information content (AvgIpc) is 2.45. The normalized spacial score (nSPS) is 11.2. The molecule has 5 nitrogen and oxygen atoms in total. The molecule has 0 spiro atoms. The lowest BCUT2D eigenvalue weighted by atomic mass is 10.1. The first kappa shape index (κ1) is 16.2. The van der Waals surface area contributed by atoms with Crippen molar-refractivity contribution in [1.29, 1.82) is 5.26 Å². The smallest absolute Gasteiger partial charge is 0.328 e. The van der Waals surface area contributed by atoms with Gasteiger partial charge in [0.2, 0.25) is 0 Å². The fraction of sp³-hybridized carbons (Fsp3) is 0.357. The molecule has 1 rings (SSSR count). The monoisotopic (exact) mass is 338 g/mol. The highest BCUT2D eigenvalue weighted by atomic mass is 79.9. The summed E-state index contributed by atoms with van der Waals surface area (Å²) >= 11 is 3.28. The van der Waals surface area contributed by atoms with Crippen molar-refractivity contribution in [2.45, 2.75) is 25.3 Å². The van der Waals surface area contributed by atoms with Crippen molar-refractivity contribution in [2.75, 3.05) is 7.11 Å². The SMILES string of the molecule is COC(=O)[C@H](CCCC#N)NC(=O)c1cccc(Br)c1. The summed E-state index contributed by atoms with van der Waals surface area (Å²) in [4.78, 5) is 23.7. The number of unbranched alkanes of at least 4 members (excludes halogenated alkanes) is 1. The summed E-state index contributed by atoms with van der Waals surface area (Å²) in [6.07, 6.45) is 1.23. The van der Waals surface area contributed by atoms with Gasteiger partial charge >= 0.3 is 5.97 Å². The van der Waals surface area contributed by atoms with Crippen LogP contribution in [0.15, 0.2) is 28.7 Å². The molecule has 20 heavy (non-hydrogen) atoms. The molecule has 0 aliphatic carbocycles. The Hall–Kier alpha value is -1.87. The van der Waals surface area contributed by atoms with Gasteiger partial charge in [0.1, 0.15) is 6.04 Å². The van der Waals surface area contributed by atoms with E-state index in [4.69, 9.17) is 5.26 Å². The predicted molar refractivity (Wildman–Crippen MR) is 76.9 cm³/mol. The van der Waals surface area contributed by atoms with Crippen LogP contribution in [0.5, 0.6) is 0 Å². The summed E-state index contributed by atoms with van der Waals surface area (Å²) < 4.78 is 5.44. The maximum absolute atomic E-state index is 12.1. The van der Waals surface area contributed by atoms with Crippen LogP contribution in [0, 0.1) is 11.3 Å². The number of carbonyl (C=O) groups excluding carboxylic acids is 2. The highest BCUT2D eigenvalue weighted by molar-refractivity contribution is 9.10. The Labute approximate surface area is 126 Å². The molecule has 0 aliphatic heterocycles. The number of amides is 1. The van der Waals surface area contributed by atoms with E-state index < -0.39 is 12.0 Å². The number of ether oxygens (including phenoxy) is 1. The minimum Gasteiger partial charge on any atom is -0.467 e. The molecule has 0 bridgehead atoms. The number of carbonyl (C=O) groups is 2. The summed E-state index contributed by atoms with van der Waals surface area (Å²) in [5.41, 5.74) is 0.452. The Morgan fingerprint density at radius 1 is 1.50 bits per heavy atom. The van der Waals surface area contributed by atoms with E-state index in [2.05, 4.69) is 26.0 Å². The van der Waals surface area contributed by atoms with Crippen LogP contribution in [-0.4, -0.2) is 25.0 Å². The first-order chi connectivity index (χ1) is 9.58. The number of nitriles is 1. The lowest BCUT2D eigenvalue weighted by Gasteiger charge is -2.16. The van der Waals surface area contributed by atoms with E-state index in [0.717, 1.165) is 4.47 Å². The van der Waals surface area contributed by atoms with E-state index in [-0.39, 0.29) is 5.91 Å². The third-order valence-corrected chi connectivity index (χ3v) is 3.15. The van der Waals surface area contributed by atoms with E-state index in [1.165, 1.54) is 7.11 Å². The second-order valence-electron chi connectivity index (χ2n) is 4.11. The van der Waals surface area contributed by atoms with Crippen molar-refractivity contribution >= 4 is 27.8 Å². The fourth-order valence-electron chi connectivity index (χ4n) is 1.65. The van der Waals surface area contributed by atoms with Crippen molar-refractivity contribution in [3.05, 3.63) is 34.3 Å². The number of benzene rings is 1. The van der Waals surface area contributed by atoms with E-state index in [9.17, 15) is 9.59 Å². The zero-order valence-corrected chi connectivity index (χ0v) is 12.6. The minimum atomic E-state index is -0.736. The minimum absolute atomic E-state index is 0.334. The molecular formula is C14H15BrN2O3. The van der Waals surface area contributed by atoms with Gasteiger partial charge in [0.15, 0.2) is 0 Å². The molecule has 0 fully saturated rings. The molecule has 1 amide bonds. The lowest BCUT2D eigenvalue weighted by molar-refractivity contribution is -0.143. The van der Waals surface area contributed by atoms with Gasteiger partial charge in [0.05, 0.1) is 13.2 Å². The lowest BCUT2D eigenvalue weighted by Crippen LogP contribution is -2.41. The van der Waals surface area contributed by atoms with Gasteiger partial charge in [-0.25, -0.2) is 4.79 Å². The topological polar surface area (TPSA) is 79.2 Å². The predicted octanol–water partition coefficient (Wildman–Crippen LogP) is 2.41. The average molecular weight is 339 g/mol. The zero-order valence-electron chi connectivity index (χ0n) is 11.1. The number of rotatable bonds is 6. The van der Waals surface area contributed by atoms with Gasteiger partial charge in [-0.2, -0.15) is 5.26 Å². The van der Waals surface area contributed by atoms with Crippen LogP contribution in [0.3, 0.4) is 0 Å². The Bertz CT molecular complexity index is 525. The van der Waals surface area contributed by atoms with Crippen molar-refractivity contribution in [2.24, 2.45) is 0 Å². The standard InChI is InChI=1S/C14H15BrN2O3/c1-20-14(19)12(7-2-3-8-16)17-13(18)10-5-4-6-11(15)9-10/h4-6,9,12H,2-3,7H2,1H3,(H,17,18)/t12-/m0/s1. The first-order valence-corrected chi connectivity index (χ1v) is 6.89. The van der Waals surface area contributed by atoms with Crippen molar-refractivity contribution in [3.8, 4) is 6.07 Å². The number of hydrogen-bond donors (Lipinski definition) is 1. The molecule has 1 aromatic carbocycles. The Kier molecular flexibility index (Phi) is 6.74. The van der Waals surface area contributed by atoms with Crippen LogP contribution in [0.4, 0.5) is 0 Å². The summed E-state index contributed by atoms with van der Waals surface area (Å²) in [5, 5.41) is 11.1. The fourth-order valence-corrected chi connectivity index (χ4v) is 2.05. The molecule has 0 saturated heterocycles. The molecule has 0 saturated carbocycles. The van der Waals surface area contributed by atoms with Crippen LogP contribution in [0.2, 0.25) is 0 Å². The Morgan fingerprint density at radius 3 is 2.85 bits per heavy atom. The highest BCUT2D eigenvalue weighted by Crippen LogP contribution is 2.12. The van der Waals surface area contributed by atoms with Gasteiger partial charge in [-0.15, -0.1) is 0 Å². The van der Waals surface area contributed by atoms with Crippen LogP contribution < -0.4 is 5.32 Å². The number of nitrogens with one attached hydrogen (secondary N) is 1. The molecule has 0 radical (unpaired) electrons. The first-order valence-electron chi connectivity index (χ1n) is 6.09. The molecule has 0 heterocycles. The molecule has 0 aliphatic rings. The zero-order chi connectivity index (χ0) is 15.0. The van der Waals surface area contributed by atoms with Crippen LogP contribution in [-0.2, 0) is 9.53 Å². The van der Waals surface area contributed by atoms with E-state index >= 15 is 0 Å². The van der Waals surface area contributed by atoms with E-state index in [0.29, 0.717) is 24.8 Å². The maximum atomic E-state index is 12.1. The second-order valence-corrected chi connectivity index (χ2v) is 5.03. The molecule has 0 unspecified atom stereocenters. The van der Waals surface area contributed by atoms with Gasteiger partial charge in [-0.05, 0) is 31.0 Å². The summed E-state index contributed by atoms with van der Waals surface area (Å²) in [6.45, 7) is 0.